The minimum absolute atomic E-state index is 0.0531. The predicted octanol–water partition coefficient (Wildman–Crippen LogP) is 1.97. The smallest absolute Gasteiger partial charge is 0.356 e. The average Bonchev–Trinajstić information content (AvgIpc) is 2.75. The lowest BCUT2D eigenvalue weighted by Gasteiger charge is -2.04. The number of thiazole rings is 1. The Morgan fingerprint density at radius 3 is 2.71 bits per heavy atom. The van der Waals surface area contributed by atoms with Crippen LogP contribution in [0.3, 0.4) is 0 Å². The molecule has 1 N–H and O–H groups in total. The summed E-state index contributed by atoms with van der Waals surface area (Å²) in [5, 5.41) is 9.78. The maximum absolute atomic E-state index is 11.1. The van der Waals surface area contributed by atoms with E-state index in [1.165, 1.54) is 11.3 Å². The number of rotatable bonds is 3. The third-order valence-electron chi connectivity index (χ3n) is 2.10. The summed E-state index contributed by atoms with van der Waals surface area (Å²) in [7, 11) is 3.65. The van der Waals surface area contributed by atoms with Crippen molar-refractivity contribution < 1.29 is 9.90 Å². The Morgan fingerprint density at radius 1 is 1.41 bits per heavy atom. The van der Waals surface area contributed by atoms with Crippen LogP contribution in [-0.4, -0.2) is 35.1 Å². The van der Waals surface area contributed by atoms with Gasteiger partial charge in [-0.25, -0.2) is 9.78 Å². The summed E-state index contributed by atoms with van der Waals surface area (Å²) in [5.41, 5.74) is 0.688. The van der Waals surface area contributed by atoms with Gasteiger partial charge in [0.05, 0.1) is 10.6 Å². The molecular formula is C11H11N3O2S. The second-order valence-corrected chi connectivity index (χ2v) is 4.57. The van der Waals surface area contributed by atoms with E-state index in [2.05, 4.69) is 9.97 Å². The average molecular weight is 249 g/mol. The topological polar surface area (TPSA) is 66.3 Å². The van der Waals surface area contributed by atoms with Gasteiger partial charge in [0.25, 0.3) is 0 Å². The van der Waals surface area contributed by atoms with Crippen molar-refractivity contribution in [2.45, 2.75) is 0 Å². The molecule has 0 fully saturated rings. The number of nitrogens with zero attached hydrogens (tertiary/aromatic N) is 3. The number of aromatic carboxylic acids is 1. The fourth-order valence-corrected chi connectivity index (χ4v) is 2.27. The maximum atomic E-state index is 11.1. The monoisotopic (exact) mass is 249 g/mol. The lowest BCUT2D eigenvalue weighted by atomic mass is 10.2. The first-order valence-corrected chi connectivity index (χ1v) is 5.74. The van der Waals surface area contributed by atoms with Crippen LogP contribution in [0.15, 0.2) is 24.4 Å². The highest BCUT2D eigenvalue weighted by Crippen LogP contribution is 2.32. The van der Waals surface area contributed by atoms with Gasteiger partial charge in [-0.2, -0.15) is 0 Å². The minimum Gasteiger partial charge on any atom is -0.476 e. The first-order valence-electron chi connectivity index (χ1n) is 4.92. The highest BCUT2D eigenvalue weighted by molar-refractivity contribution is 7.19. The Kier molecular flexibility index (Phi) is 3.06. The van der Waals surface area contributed by atoms with E-state index in [9.17, 15) is 4.79 Å². The molecule has 2 aromatic heterocycles. The molecule has 0 aliphatic carbocycles. The molecule has 0 bridgehead atoms. The van der Waals surface area contributed by atoms with E-state index in [1.54, 1.807) is 23.2 Å². The van der Waals surface area contributed by atoms with Crippen molar-refractivity contribution in [1.29, 1.82) is 0 Å². The molecule has 2 rings (SSSR count). The van der Waals surface area contributed by atoms with E-state index in [4.69, 9.17) is 5.11 Å². The Morgan fingerprint density at radius 2 is 2.18 bits per heavy atom. The van der Waals surface area contributed by atoms with Gasteiger partial charge in [0, 0.05) is 20.3 Å². The van der Waals surface area contributed by atoms with Gasteiger partial charge in [-0.1, -0.05) is 17.4 Å². The number of anilines is 1. The zero-order valence-electron chi connectivity index (χ0n) is 9.41. The van der Waals surface area contributed by atoms with Gasteiger partial charge < -0.3 is 10.0 Å². The van der Waals surface area contributed by atoms with E-state index < -0.39 is 5.97 Å². The van der Waals surface area contributed by atoms with Crippen molar-refractivity contribution in [3.05, 3.63) is 30.1 Å². The van der Waals surface area contributed by atoms with E-state index in [0.29, 0.717) is 15.7 Å². The normalized spacial score (nSPS) is 10.2. The SMILES string of the molecule is CN(C)c1nc(C(=O)O)c(-c2ccccn2)s1. The molecule has 0 spiro atoms. The van der Waals surface area contributed by atoms with Crippen LogP contribution in [0, 0.1) is 0 Å². The van der Waals surface area contributed by atoms with Crippen LogP contribution in [0.5, 0.6) is 0 Å². The van der Waals surface area contributed by atoms with E-state index in [-0.39, 0.29) is 5.69 Å². The van der Waals surface area contributed by atoms with E-state index in [0.717, 1.165) is 0 Å². The van der Waals surface area contributed by atoms with E-state index >= 15 is 0 Å². The molecule has 0 aliphatic rings. The number of carboxylic acid groups (broad SMARTS) is 1. The molecule has 0 unspecified atom stereocenters. The van der Waals surface area contributed by atoms with Crippen LogP contribution in [0.2, 0.25) is 0 Å². The molecule has 0 atom stereocenters. The number of carboxylic acids is 1. The van der Waals surface area contributed by atoms with Crippen LogP contribution < -0.4 is 4.90 Å². The molecule has 5 nitrogen and oxygen atoms in total. The molecule has 0 aromatic carbocycles. The van der Waals surface area contributed by atoms with Gasteiger partial charge in [0.2, 0.25) is 0 Å². The fraction of sp³-hybridized carbons (Fsp3) is 0.182. The first kappa shape index (κ1) is 11.5. The molecule has 0 saturated heterocycles. The van der Waals surface area contributed by atoms with Crippen LogP contribution in [0.25, 0.3) is 10.6 Å². The Balaban J connectivity index is 2.56. The van der Waals surface area contributed by atoms with Crippen LogP contribution in [0.4, 0.5) is 5.13 Å². The zero-order valence-corrected chi connectivity index (χ0v) is 10.2. The second kappa shape index (κ2) is 4.50. The van der Waals surface area contributed by atoms with Crippen molar-refractivity contribution >= 4 is 22.4 Å². The fourth-order valence-electron chi connectivity index (χ4n) is 1.32. The molecular weight excluding hydrogens is 238 g/mol. The summed E-state index contributed by atoms with van der Waals surface area (Å²) in [5.74, 6) is -1.03. The number of aromatic nitrogens is 2. The van der Waals surface area contributed by atoms with Gasteiger partial charge >= 0.3 is 5.97 Å². The molecule has 0 amide bonds. The van der Waals surface area contributed by atoms with Crippen molar-refractivity contribution in [1.82, 2.24) is 9.97 Å². The zero-order chi connectivity index (χ0) is 12.4. The first-order chi connectivity index (χ1) is 8.09. The molecule has 0 aliphatic heterocycles. The van der Waals surface area contributed by atoms with Crippen molar-refractivity contribution in [2.24, 2.45) is 0 Å². The Labute approximate surface area is 102 Å². The van der Waals surface area contributed by atoms with Crippen molar-refractivity contribution in [3.63, 3.8) is 0 Å². The predicted molar refractivity (Wildman–Crippen MR) is 66.6 cm³/mol. The highest BCUT2D eigenvalue weighted by Gasteiger charge is 2.20. The van der Waals surface area contributed by atoms with Gasteiger partial charge in [0.1, 0.15) is 0 Å². The van der Waals surface area contributed by atoms with Gasteiger partial charge in [-0.05, 0) is 12.1 Å². The lowest BCUT2D eigenvalue weighted by molar-refractivity contribution is 0.0692. The number of hydrogen-bond donors (Lipinski definition) is 1. The van der Waals surface area contributed by atoms with Crippen molar-refractivity contribution in [3.8, 4) is 10.6 Å². The lowest BCUT2D eigenvalue weighted by Crippen LogP contribution is -2.08. The number of pyridine rings is 1. The van der Waals surface area contributed by atoms with Crippen LogP contribution in [-0.2, 0) is 0 Å². The number of carbonyl (C=O) groups is 1. The highest BCUT2D eigenvalue weighted by atomic mass is 32.1. The van der Waals surface area contributed by atoms with Crippen LogP contribution >= 0.6 is 11.3 Å². The van der Waals surface area contributed by atoms with Crippen LogP contribution in [0.1, 0.15) is 10.5 Å². The summed E-state index contributed by atoms with van der Waals surface area (Å²) < 4.78 is 0. The molecule has 6 heteroatoms. The summed E-state index contributed by atoms with van der Waals surface area (Å²) in [6.07, 6.45) is 1.63. The van der Waals surface area contributed by atoms with Crippen molar-refractivity contribution in [2.75, 3.05) is 19.0 Å². The molecule has 17 heavy (non-hydrogen) atoms. The molecule has 0 radical (unpaired) electrons. The summed E-state index contributed by atoms with van der Waals surface area (Å²) in [6, 6.07) is 5.39. The van der Waals surface area contributed by atoms with E-state index in [1.807, 2.05) is 20.2 Å². The maximum Gasteiger partial charge on any atom is 0.356 e. The third-order valence-corrected chi connectivity index (χ3v) is 3.34. The van der Waals surface area contributed by atoms with Gasteiger partial charge in [0.15, 0.2) is 10.8 Å². The second-order valence-electron chi connectivity index (χ2n) is 3.59. The Hall–Kier alpha value is -1.95. The summed E-state index contributed by atoms with van der Waals surface area (Å²) in [6.45, 7) is 0. The largest absolute Gasteiger partial charge is 0.476 e. The summed E-state index contributed by atoms with van der Waals surface area (Å²) in [4.78, 5) is 21.7. The van der Waals surface area contributed by atoms with Gasteiger partial charge in [-0.3, -0.25) is 4.98 Å². The number of hydrogen-bond acceptors (Lipinski definition) is 5. The molecule has 2 aromatic rings. The third kappa shape index (κ3) is 2.26. The Bertz CT molecular complexity index is 537. The molecule has 0 saturated carbocycles. The molecule has 2 heterocycles. The molecule has 88 valence electrons. The quantitative estimate of drug-likeness (QED) is 0.900. The van der Waals surface area contributed by atoms with Gasteiger partial charge in [-0.15, -0.1) is 0 Å². The minimum atomic E-state index is -1.03. The summed E-state index contributed by atoms with van der Waals surface area (Å²) >= 11 is 1.32. The standard InChI is InChI=1S/C11H11N3O2S/c1-14(2)11-13-8(10(15)16)9(17-11)7-5-3-4-6-12-7/h3-6H,1-2H3,(H,15,16).